The van der Waals surface area contributed by atoms with Crippen molar-refractivity contribution in [1.82, 2.24) is 4.90 Å². The number of carboxylic acids is 1. The van der Waals surface area contributed by atoms with Crippen molar-refractivity contribution >= 4 is 5.97 Å². The first kappa shape index (κ1) is 15.7. The van der Waals surface area contributed by atoms with Crippen LogP contribution in [0.3, 0.4) is 0 Å². The molecule has 0 aliphatic carbocycles. The molecule has 1 saturated heterocycles. The van der Waals surface area contributed by atoms with E-state index in [-0.39, 0.29) is 0 Å². The van der Waals surface area contributed by atoms with E-state index < -0.39 is 5.97 Å². The zero-order valence-corrected chi connectivity index (χ0v) is 13.1. The average Bonchev–Trinajstić information content (AvgIpc) is 2.84. The van der Waals surface area contributed by atoms with Gasteiger partial charge in [0.25, 0.3) is 0 Å². The Labute approximate surface area is 136 Å². The molecule has 1 fully saturated rings. The summed E-state index contributed by atoms with van der Waals surface area (Å²) in [6.07, 6.45) is 1.07. The van der Waals surface area contributed by atoms with Crippen molar-refractivity contribution in [3.8, 4) is 11.1 Å². The van der Waals surface area contributed by atoms with Crippen LogP contribution < -0.4 is 0 Å². The lowest BCUT2D eigenvalue weighted by Crippen LogP contribution is -2.25. The predicted molar refractivity (Wildman–Crippen MR) is 89.6 cm³/mol. The summed E-state index contributed by atoms with van der Waals surface area (Å²) in [5.41, 5.74) is 3.27. The zero-order chi connectivity index (χ0) is 16.1. The molecular formula is C19H21NO3. The van der Waals surface area contributed by atoms with Crippen molar-refractivity contribution in [2.45, 2.75) is 13.0 Å². The lowest BCUT2D eigenvalue weighted by atomic mass is 9.98. The maximum absolute atomic E-state index is 11.3. The number of nitrogens with zero attached hydrogens (tertiary/aromatic N) is 1. The summed E-state index contributed by atoms with van der Waals surface area (Å²) in [6, 6.07) is 15.3. The molecule has 2 aromatic carbocycles. The minimum absolute atomic E-state index is 0.338. The van der Waals surface area contributed by atoms with Gasteiger partial charge in [-0.15, -0.1) is 0 Å². The van der Waals surface area contributed by atoms with Gasteiger partial charge in [0.05, 0.1) is 12.2 Å². The standard InChI is InChI=1S/C19H21NO3/c21-19(22)18-5-2-1-4-17(18)16-8-6-15(7-9-16)14-20-10-3-12-23-13-11-20/h1-2,4-9H,3,10-14H2,(H,21,22). The van der Waals surface area contributed by atoms with Crippen LogP contribution in [0.2, 0.25) is 0 Å². The highest BCUT2D eigenvalue weighted by molar-refractivity contribution is 5.95. The van der Waals surface area contributed by atoms with E-state index in [0.717, 1.165) is 50.4 Å². The van der Waals surface area contributed by atoms with E-state index in [4.69, 9.17) is 4.74 Å². The molecule has 0 atom stereocenters. The van der Waals surface area contributed by atoms with Gasteiger partial charge < -0.3 is 9.84 Å². The normalized spacial score (nSPS) is 16.0. The number of carboxylic acid groups (broad SMARTS) is 1. The number of rotatable bonds is 4. The number of benzene rings is 2. The van der Waals surface area contributed by atoms with Gasteiger partial charge in [-0.2, -0.15) is 0 Å². The molecular weight excluding hydrogens is 290 g/mol. The van der Waals surface area contributed by atoms with Crippen LogP contribution in [-0.2, 0) is 11.3 Å². The maximum Gasteiger partial charge on any atom is 0.336 e. The SMILES string of the molecule is O=C(O)c1ccccc1-c1ccc(CN2CCCOCC2)cc1. The Kier molecular flexibility index (Phi) is 5.05. The summed E-state index contributed by atoms with van der Waals surface area (Å²) in [5.74, 6) is -0.894. The van der Waals surface area contributed by atoms with Crippen LogP contribution in [0, 0.1) is 0 Å². The Morgan fingerprint density at radius 2 is 1.83 bits per heavy atom. The fraction of sp³-hybridized carbons (Fsp3) is 0.316. The van der Waals surface area contributed by atoms with Crippen LogP contribution in [0.4, 0.5) is 0 Å². The largest absolute Gasteiger partial charge is 0.478 e. The first-order valence-corrected chi connectivity index (χ1v) is 7.96. The molecule has 1 N–H and O–H groups in total. The highest BCUT2D eigenvalue weighted by Gasteiger charge is 2.12. The molecule has 1 heterocycles. The monoisotopic (exact) mass is 311 g/mol. The second-order valence-corrected chi connectivity index (χ2v) is 5.79. The van der Waals surface area contributed by atoms with Gasteiger partial charge in [0.15, 0.2) is 0 Å². The molecule has 2 aromatic rings. The number of ether oxygens (including phenoxy) is 1. The summed E-state index contributed by atoms with van der Waals surface area (Å²) in [6.45, 7) is 4.57. The molecule has 0 radical (unpaired) electrons. The molecule has 0 spiro atoms. The third-order valence-electron chi connectivity index (χ3n) is 4.14. The van der Waals surface area contributed by atoms with Crippen molar-refractivity contribution in [2.75, 3.05) is 26.3 Å². The van der Waals surface area contributed by atoms with E-state index in [9.17, 15) is 9.90 Å². The van der Waals surface area contributed by atoms with Crippen molar-refractivity contribution in [1.29, 1.82) is 0 Å². The lowest BCUT2D eigenvalue weighted by molar-refractivity contribution is 0.0697. The molecule has 4 heteroatoms. The number of carbonyl (C=O) groups is 1. The van der Waals surface area contributed by atoms with Crippen LogP contribution in [0.5, 0.6) is 0 Å². The minimum atomic E-state index is -0.894. The Morgan fingerprint density at radius 1 is 1.04 bits per heavy atom. The Balaban J connectivity index is 1.76. The molecule has 0 amide bonds. The molecule has 3 rings (SSSR count). The van der Waals surface area contributed by atoms with Gasteiger partial charge in [-0.25, -0.2) is 4.79 Å². The number of hydrogen-bond donors (Lipinski definition) is 1. The molecule has 0 aromatic heterocycles. The highest BCUT2D eigenvalue weighted by Crippen LogP contribution is 2.24. The number of aromatic carboxylic acids is 1. The zero-order valence-electron chi connectivity index (χ0n) is 13.1. The minimum Gasteiger partial charge on any atom is -0.478 e. The third-order valence-corrected chi connectivity index (χ3v) is 4.14. The second kappa shape index (κ2) is 7.40. The quantitative estimate of drug-likeness (QED) is 0.941. The fourth-order valence-corrected chi connectivity index (χ4v) is 2.93. The van der Waals surface area contributed by atoms with Crippen LogP contribution in [-0.4, -0.2) is 42.3 Å². The number of hydrogen-bond acceptors (Lipinski definition) is 3. The van der Waals surface area contributed by atoms with E-state index in [1.807, 2.05) is 24.3 Å². The van der Waals surface area contributed by atoms with Gasteiger partial charge in [-0.1, -0.05) is 42.5 Å². The van der Waals surface area contributed by atoms with Crippen molar-refractivity contribution in [3.63, 3.8) is 0 Å². The van der Waals surface area contributed by atoms with Crippen molar-refractivity contribution < 1.29 is 14.6 Å². The van der Waals surface area contributed by atoms with Crippen LogP contribution in [0.25, 0.3) is 11.1 Å². The van der Waals surface area contributed by atoms with Gasteiger partial charge in [0.2, 0.25) is 0 Å². The van der Waals surface area contributed by atoms with E-state index in [0.29, 0.717) is 5.56 Å². The summed E-state index contributed by atoms with van der Waals surface area (Å²) in [5, 5.41) is 9.31. The van der Waals surface area contributed by atoms with Gasteiger partial charge in [-0.3, -0.25) is 4.90 Å². The first-order chi connectivity index (χ1) is 11.2. The van der Waals surface area contributed by atoms with E-state index >= 15 is 0 Å². The second-order valence-electron chi connectivity index (χ2n) is 5.79. The van der Waals surface area contributed by atoms with E-state index in [2.05, 4.69) is 17.0 Å². The van der Waals surface area contributed by atoms with E-state index in [1.165, 1.54) is 5.56 Å². The summed E-state index contributed by atoms with van der Waals surface area (Å²) < 4.78 is 5.48. The Bertz CT molecular complexity index is 659. The van der Waals surface area contributed by atoms with Crippen molar-refractivity contribution in [2.24, 2.45) is 0 Å². The topological polar surface area (TPSA) is 49.8 Å². The summed E-state index contributed by atoms with van der Waals surface area (Å²) in [4.78, 5) is 13.7. The van der Waals surface area contributed by atoms with Crippen molar-refractivity contribution in [3.05, 3.63) is 59.7 Å². The molecule has 0 unspecified atom stereocenters. The predicted octanol–water partition coefficient (Wildman–Crippen LogP) is 3.27. The Morgan fingerprint density at radius 3 is 2.61 bits per heavy atom. The summed E-state index contributed by atoms with van der Waals surface area (Å²) >= 11 is 0. The summed E-state index contributed by atoms with van der Waals surface area (Å²) in [7, 11) is 0. The van der Waals surface area contributed by atoms with Crippen LogP contribution in [0.15, 0.2) is 48.5 Å². The van der Waals surface area contributed by atoms with Gasteiger partial charge in [-0.05, 0) is 29.2 Å². The molecule has 120 valence electrons. The highest BCUT2D eigenvalue weighted by atomic mass is 16.5. The van der Waals surface area contributed by atoms with Crippen LogP contribution in [0.1, 0.15) is 22.3 Å². The molecule has 0 bridgehead atoms. The van der Waals surface area contributed by atoms with E-state index in [1.54, 1.807) is 12.1 Å². The fourth-order valence-electron chi connectivity index (χ4n) is 2.93. The third kappa shape index (κ3) is 3.97. The Hall–Kier alpha value is -2.17. The average molecular weight is 311 g/mol. The van der Waals surface area contributed by atoms with Gasteiger partial charge in [0, 0.05) is 26.2 Å². The molecule has 23 heavy (non-hydrogen) atoms. The lowest BCUT2D eigenvalue weighted by Gasteiger charge is -2.19. The molecule has 1 aliphatic rings. The van der Waals surface area contributed by atoms with Gasteiger partial charge >= 0.3 is 5.97 Å². The molecule has 4 nitrogen and oxygen atoms in total. The molecule has 0 saturated carbocycles. The first-order valence-electron chi connectivity index (χ1n) is 7.96. The maximum atomic E-state index is 11.3. The van der Waals surface area contributed by atoms with Crippen LogP contribution >= 0.6 is 0 Å². The molecule has 1 aliphatic heterocycles. The van der Waals surface area contributed by atoms with Gasteiger partial charge in [0.1, 0.15) is 0 Å². The smallest absolute Gasteiger partial charge is 0.336 e.